The number of carbonyl (C=O) groups is 1. The minimum Gasteiger partial charge on any atom is -0.504 e. The van der Waals surface area contributed by atoms with Gasteiger partial charge in [-0.15, -0.1) is 0 Å². The van der Waals surface area contributed by atoms with Gasteiger partial charge < -0.3 is 35.1 Å². The number of ether oxygens (including phenoxy) is 3. The second-order valence-electron chi connectivity index (χ2n) is 9.98. The van der Waals surface area contributed by atoms with Gasteiger partial charge >= 0.3 is 5.97 Å². The van der Waals surface area contributed by atoms with Crippen molar-refractivity contribution in [2.45, 2.75) is 13.8 Å². The lowest BCUT2D eigenvalue weighted by molar-refractivity contribution is 0.0696. The van der Waals surface area contributed by atoms with E-state index in [0.29, 0.717) is 29.1 Å². The monoisotopic (exact) mass is 603 g/mol. The van der Waals surface area contributed by atoms with E-state index in [0.717, 1.165) is 6.54 Å². The zero-order valence-corrected chi connectivity index (χ0v) is 23.8. The number of aromatic carboxylic acids is 1. The highest BCUT2D eigenvalue weighted by atomic mass is 19.1. The lowest BCUT2D eigenvalue weighted by Gasteiger charge is -2.18. The molecule has 226 valence electrons. The molecule has 0 aliphatic carbocycles. The molecule has 0 bridgehead atoms. The lowest BCUT2D eigenvalue weighted by atomic mass is 10.1. The number of nitrogens with zero attached hydrogens (tertiary/aromatic N) is 3. The van der Waals surface area contributed by atoms with Gasteiger partial charge in [-0.3, -0.25) is 10.4 Å². The highest BCUT2D eigenvalue weighted by molar-refractivity contribution is 6.00. The molecule has 0 saturated heterocycles. The molecule has 0 saturated carbocycles. The fraction of sp³-hybridized carbons (Fsp3) is 0.161. The third kappa shape index (κ3) is 5.93. The van der Waals surface area contributed by atoms with Crippen molar-refractivity contribution in [3.05, 3.63) is 94.0 Å². The maximum Gasteiger partial charge on any atom is 0.335 e. The first-order valence-electron chi connectivity index (χ1n) is 13.2. The van der Waals surface area contributed by atoms with E-state index in [1.54, 1.807) is 18.2 Å². The Balaban J connectivity index is 1.61. The Labute approximate surface area is 250 Å². The van der Waals surface area contributed by atoms with Crippen molar-refractivity contribution in [2.24, 2.45) is 10.7 Å². The highest BCUT2D eigenvalue weighted by Gasteiger charge is 2.28. The van der Waals surface area contributed by atoms with Gasteiger partial charge in [0.15, 0.2) is 11.5 Å². The third-order valence-electron chi connectivity index (χ3n) is 6.73. The number of hydrogen-bond donors (Lipinski definition) is 4. The Morgan fingerprint density at radius 1 is 0.955 bits per heavy atom. The summed E-state index contributed by atoms with van der Waals surface area (Å²) in [5.41, 5.74) is 6.96. The summed E-state index contributed by atoms with van der Waals surface area (Å²) < 4.78 is 49.0. The Morgan fingerprint density at radius 3 is 2.25 bits per heavy atom. The molecule has 4 aromatic rings. The van der Waals surface area contributed by atoms with Gasteiger partial charge in [0.05, 0.1) is 12.1 Å². The summed E-state index contributed by atoms with van der Waals surface area (Å²) >= 11 is 0. The summed E-state index contributed by atoms with van der Waals surface area (Å²) in [6, 6.07) is 13.0. The number of aliphatic imine (C=N–C) groups is 1. The first-order valence-corrected chi connectivity index (χ1v) is 13.2. The minimum atomic E-state index is -1.38. The van der Waals surface area contributed by atoms with Gasteiger partial charge in [0.25, 0.3) is 11.8 Å². The summed E-state index contributed by atoms with van der Waals surface area (Å²) in [5, 5.41) is 27.4. The zero-order valence-electron chi connectivity index (χ0n) is 23.8. The number of hydrogen-bond acceptors (Lipinski definition) is 9. The van der Waals surface area contributed by atoms with Crippen LogP contribution in [0.15, 0.2) is 59.6 Å². The Bertz CT molecular complexity index is 1820. The summed E-state index contributed by atoms with van der Waals surface area (Å²) in [7, 11) is 1.89. The van der Waals surface area contributed by atoms with Crippen molar-refractivity contribution >= 4 is 17.6 Å². The van der Waals surface area contributed by atoms with Crippen LogP contribution in [0.3, 0.4) is 0 Å². The number of nitrogens with one attached hydrogen (secondary N) is 1. The number of likely N-dealkylation sites (N-methyl/N-ethyl adjacent to an activating group) is 1. The number of phenols is 1. The van der Waals surface area contributed by atoms with E-state index in [1.165, 1.54) is 44.2 Å². The molecule has 11 nitrogen and oxygen atoms in total. The van der Waals surface area contributed by atoms with Crippen molar-refractivity contribution in [1.29, 1.82) is 5.41 Å². The van der Waals surface area contributed by atoms with Gasteiger partial charge in [-0.25, -0.2) is 4.79 Å². The molecule has 0 unspecified atom stereocenters. The second-order valence-corrected chi connectivity index (χ2v) is 9.98. The molecule has 0 amide bonds. The Morgan fingerprint density at radius 2 is 1.64 bits per heavy atom. The van der Waals surface area contributed by atoms with Crippen LogP contribution in [0.5, 0.6) is 40.5 Å². The zero-order chi connectivity index (χ0) is 31.7. The van der Waals surface area contributed by atoms with E-state index in [2.05, 4.69) is 9.98 Å². The molecule has 0 spiro atoms. The summed E-state index contributed by atoms with van der Waals surface area (Å²) in [5.74, 6) is -6.57. The number of aromatic nitrogens is 1. The van der Waals surface area contributed by atoms with Crippen molar-refractivity contribution in [3.63, 3.8) is 0 Å². The SMILES string of the molecule is Cc1cc(C(=O)O)cc(C)c1Oc1c(F)c(Oc2cccc(C3=NCCN3C)c2)nc(Oc2cc(C(=N)N)ccc2O)c1F. The largest absolute Gasteiger partial charge is 0.504 e. The van der Waals surface area contributed by atoms with Crippen molar-refractivity contribution in [3.8, 4) is 40.5 Å². The van der Waals surface area contributed by atoms with Gasteiger partial charge in [0.1, 0.15) is 23.2 Å². The van der Waals surface area contributed by atoms with Crippen LogP contribution in [-0.4, -0.2) is 57.9 Å². The predicted octanol–water partition coefficient (Wildman–Crippen LogP) is 5.73. The van der Waals surface area contributed by atoms with Gasteiger partial charge in [-0.2, -0.15) is 13.8 Å². The fourth-order valence-electron chi connectivity index (χ4n) is 4.56. The second kappa shape index (κ2) is 11.9. The fourth-order valence-corrected chi connectivity index (χ4v) is 4.56. The summed E-state index contributed by atoms with van der Waals surface area (Å²) in [6.07, 6.45) is 0. The smallest absolute Gasteiger partial charge is 0.335 e. The first kappa shape index (κ1) is 29.8. The van der Waals surface area contributed by atoms with Crippen molar-refractivity contribution in [2.75, 3.05) is 20.1 Å². The van der Waals surface area contributed by atoms with Crippen LogP contribution in [0.2, 0.25) is 0 Å². The van der Waals surface area contributed by atoms with Gasteiger partial charge in [-0.05, 0) is 67.4 Å². The van der Waals surface area contributed by atoms with E-state index < -0.39 is 40.9 Å². The quantitative estimate of drug-likeness (QED) is 0.138. The van der Waals surface area contributed by atoms with Crippen molar-refractivity contribution < 1.29 is 38.0 Å². The molecular formula is C31H27F2N5O6. The van der Waals surface area contributed by atoms with E-state index in [9.17, 15) is 15.0 Å². The van der Waals surface area contributed by atoms with E-state index in [-0.39, 0.29) is 34.2 Å². The Hall–Kier alpha value is -5.72. The number of nitrogens with two attached hydrogens (primary N) is 1. The number of aromatic hydroxyl groups is 1. The van der Waals surface area contributed by atoms with Crippen LogP contribution >= 0.6 is 0 Å². The van der Waals surface area contributed by atoms with E-state index in [4.69, 9.17) is 25.4 Å². The Kier molecular flexibility index (Phi) is 8.03. The number of nitrogen functional groups attached to an aromatic ring is 1. The standard InChI is InChI=1S/C31H27F2N5O6/c1-15-11-19(31(40)41)12-16(2)25(15)44-26-23(32)29(42-20-6-4-5-18(13-20)28-36-9-10-38(28)3)37-30(24(26)33)43-22-14-17(27(34)35)7-8-21(22)39/h4-8,11-14,39H,9-10H2,1-3H3,(H3,34,35)(H,40,41). The molecule has 5 rings (SSSR count). The van der Waals surface area contributed by atoms with Gasteiger partial charge in [0, 0.05) is 24.7 Å². The molecule has 2 heterocycles. The molecule has 13 heteroatoms. The maximum atomic E-state index is 16.0. The molecule has 0 atom stereocenters. The average molecular weight is 604 g/mol. The molecule has 0 fully saturated rings. The number of aryl methyl sites for hydroxylation is 2. The first-order chi connectivity index (χ1) is 20.9. The molecule has 44 heavy (non-hydrogen) atoms. The van der Waals surface area contributed by atoms with E-state index >= 15 is 8.78 Å². The average Bonchev–Trinajstić information content (AvgIpc) is 3.41. The third-order valence-corrected chi connectivity index (χ3v) is 6.73. The summed E-state index contributed by atoms with van der Waals surface area (Å²) in [4.78, 5) is 21.8. The van der Waals surface area contributed by atoms with Crippen LogP contribution < -0.4 is 19.9 Å². The maximum absolute atomic E-state index is 16.0. The van der Waals surface area contributed by atoms with Crippen LogP contribution in [0.25, 0.3) is 0 Å². The number of amidine groups is 2. The normalized spacial score (nSPS) is 12.6. The molecule has 5 N–H and O–H groups in total. The molecule has 1 aromatic heterocycles. The van der Waals surface area contributed by atoms with Gasteiger partial charge in [-0.1, -0.05) is 12.1 Å². The number of pyridine rings is 1. The molecule has 3 aromatic carbocycles. The molecule has 0 radical (unpaired) electrons. The number of phenolic OH excluding ortho intramolecular Hbond substituents is 1. The number of rotatable bonds is 9. The number of benzene rings is 3. The number of carboxylic acids is 1. The molecular weight excluding hydrogens is 576 g/mol. The number of halogens is 2. The topological polar surface area (TPSA) is 164 Å². The van der Waals surface area contributed by atoms with Crippen LogP contribution in [-0.2, 0) is 0 Å². The van der Waals surface area contributed by atoms with Crippen molar-refractivity contribution in [1.82, 2.24) is 9.88 Å². The van der Waals surface area contributed by atoms with Crippen LogP contribution in [0, 0.1) is 30.9 Å². The predicted molar refractivity (Wildman–Crippen MR) is 157 cm³/mol. The number of carboxylic acid groups (broad SMARTS) is 1. The van der Waals surface area contributed by atoms with Gasteiger partial charge in [0.2, 0.25) is 17.4 Å². The highest BCUT2D eigenvalue weighted by Crippen LogP contribution is 2.42. The van der Waals surface area contributed by atoms with Crippen LogP contribution in [0.1, 0.15) is 32.6 Å². The lowest BCUT2D eigenvalue weighted by Crippen LogP contribution is -2.23. The van der Waals surface area contributed by atoms with E-state index in [1.807, 2.05) is 18.0 Å². The minimum absolute atomic E-state index is 0.00148. The molecule has 1 aliphatic heterocycles. The van der Waals surface area contributed by atoms with Crippen LogP contribution in [0.4, 0.5) is 8.78 Å². The molecule has 1 aliphatic rings. The summed E-state index contributed by atoms with van der Waals surface area (Å²) in [6.45, 7) is 4.41.